The highest BCUT2D eigenvalue weighted by Gasteiger charge is 2.40. The molecule has 2 amide bonds. The number of nitrogens with two attached hydrogens (primary N) is 1. The molecule has 1 aliphatic carbocycles. The molecule has 3 heterocycles. The molecule has 6 rings (SSSR count). The molecule has 1 atom stereocenters. The Morgan fingerprint density at radius 1 is 0.875 bits per heavy atom. The quantitative estimate of drug-likeness (QED) is 0.448. The van der Waals surface area contributed by atoms with Crippen LogP contribution in [-0.4, -0.2) is 52.7 Å². The van der Waals surface area contributed by atoms with Gasteiger partial charge in [-0.15, -0.1) is 0 Å². The van der Waals surface area contributed by atoms with E-state index in [2.05, 4.69) is 4.90 Å². The lowest BCUT2D eigenvalue weighted by atomic mass is 9.93. The molecule has 3 aromatic rings. The van der Waals surface area contributed by atoms with Gasteiger partial charge in [-0.05, 0) is 68.0 Å². The molecule has 0 spiro atoms. The Morgan fingerprint density at radius 2 is 1.57 bits per heavy atom. The number of hydrogen-bond donors (Lipinski definition) is 1. The summed E-state index contributed by atoms with van der Waals surface area (Å²) >= 11 is 0. The number of hydrogen-bond acceptors (Lipinski definition) is 4. The molecule has 40 heavy (non-hydrogen) atoms. The Kier molecular flexibility index (Phi) is 6.80. The van der Waals surface area contributed by atoms with Crippen LogP contribution in [0.15, 0.2) is 54.7 Å². The van der Waals surface area contributed by atoms with Crippen LogP contribution in [-0.2, 0) is 6.18 Å². The summed E-state index contributed by atoms with van der Waals surface area (Å²) in [6, 6.07) is 13.2. The van der Waals surface area contributed by atoms with E-state index in [0.29, 0.717) is 30.0 Å². The third-order valence-corrected chi connectivity index (χ3v) is 8.54. The molecule has 10 heteroatoms. The number of halogens is 3. The van der Waals surface area contributed by atoms with Gasteiger partial charge in [0.1, 0.15) is 0 Å². The van der Waals surface area contributed by atoms with Gasteiger partial charge in [-0.25, -0.2) is 0 Å². The van der Waals surface area contributed by atoms with Crippen molar-refractivity contribution in [2.24, 2.45) is 5.73 Å². The summed E-state index contributed by atoms with van der Waals surface area (Å²) in [7, 11) is 0. The van der Waals surface area contributed by atoms with E-state index in [4.69, 9.17) is 10.8 Å². The predicted octanol–water partition coefficient (Wildman–Crippen LogP) is 5.35. The molecule has 0 bridgehead atoms. The molecule has 2 N–H and O–H groups in total. The smallest absolute Gasteiger partial charge is 0.371 e. The second-order valence-electron chi connectivity index (χ2n) is 11.1. The highest BCUT2D eigenvalue weighted by Crippen LogP contribution is 2.44. The van der Waals surface area contributed by atoms with Gasteiger partial charge in [-0.1, -0.05) is 18.2 Å². The number of anilines is 1. The van der Waals surface area contributed by atoms with Gasteiger partial charge in [0.15, 0.2) is 0 Å². The molecule has 2 aromatic carbocycles. The number of primary amides is 1. The number of piperidine rings is 1. The number of nitrogens with zero attached hydrogens (tertiary/aromatic N) is 4. The van der Waals surface area contributed by atoms with E-state index >= 15 is 0 Å². The monoisotopic (exact) mass is 551 g/mol. The fourth-order valence-corrected chi connectivity index (χ4v) is 6.28. The van der Waals surface area contributed by atoms with Gasteiger partial charge >= 0.3 is 6.18 Å². The van der Waals surface area contributed by atoms with Crippen LogP contribution in [0.2, 0.25) is 0 Å². The number of benzene rings is 2. The first-order chi connectivity index (χ1) is 19.2. The molecule has 0 radical (unpaired) electrons. The van der Waals surface area contributed by atoms with Crippen molar-refractivity contribution in [3.63, 3.8) is 0 Å². The van der Waals surface area contributed by atoms with Crippen molar-refractivity contribution in [3.8, 4) is 0 Å². The number of rotatable bonds is 6. The zero-order chi connectivity index (χ0) is 28.0. The van der Waals surface area contributed by atoms with E-state index < -0.39 is 17.6 Å². The molecule has 210 valence electrons. The van der Waals surface area contributed by atoms with Crippen molar-refractivity contribution < 1.29 is 22.8 Å². The second-order valence-corrected chi connectivity index (χ2v) is 11.1. The maximum atomic E-state index is 13.7. The molecule has 1 saturated carbocycles. The first-order valence-electron chi connectivity index (χ1n) is 13.9. The molecular weight excluding hydrogens is 519 g/mol. The van der Waals surface area contributed by atoms with Crippen LogP contribution >= 0.6 is 0 Å². The normalized spacial score (nSPS) is 20.2. The molecule has 3 aliphatic rings. The summed E-state index contributed by atoms with van der Waals surface area (Å²) in [5, 5.41) is 4.70. The SMILES string of the molecule is NC(=O)c1ccc(N2CCC(n3ncc(C(=O)N4CCC(c5ccccc5C(F)(F)F)C4)c3C3CC3)CC2)cc1. The molecule has 1 aromatic heterocycles. The van der Waals surface area contributed by atoms with Crippen LogP contribution in [0.25, 0.3) is 0 Å². The van der Waals surface area contributed by atoms with E-state index in [0.717, 1.165) is 56.2 Å². The van der Waals surface area contributed by atoms with Crippen LogP contribution in [0.4, 0.5) is 18.9 Å². The average Bonchev–Trinajstić information content (AvgIpc) is 3.50. The number of aromatic nitrogens is 2. The largest absolute Gasteiger partial charge is 0.416 e. The molecular formula is C30H32F3N5O2. The van der Waals surface area contributed by atoms with E-state index in [1.165, 1.54) is 12.1 Å². The van der Waals surface area contributed by atoms with Gasteiger partial charge in [0, 0.05) is 49.3 Å². The third-order valence-electron chi connectivity index (χ3n) is 8.54. The lowest BCUT2D eigenvalue weighted by molar-refractivity contribution is -0.138. The summed E-state index contributed by atoms with van der Waals surface area (Å²) in [6.07, 6.45) is 1.51. The van der Waals surface area contributed by atoms with E-state index in [9.17, 15) is 22.8 Å². The summed E-state index contributed by atoms with van der Waals surface area (Å²) < 4.78 is 42.9. The van der Waals surface area contributed by atoms with Crippen molar-refractivity contribution in [1.29, 1.82) is 0 Å². The molecule has 2 aliphatic heterocycles. The van der Waals surface area contributed by atoms with Gasteiger partial charge in [-0.2, -0.15) is 18.3 Å². The van der Waals surface area contributed by atoms with Crippen molar-refractivity contribution >= 4 is 17.5 Å². The molecule has 1 unspecified atom stereocenters. The number of carbonyl (C=O) groups excluding carboxylic acids is 2. The van der Waals surface area contributed by atoms with E-state index in [-0.39, 0.29) is 30.0 Å². The van der Waals surface area contributed by atoms with Gasteiger partial charge in [-0.3, -0.25) is 14.3 Å². The zero-order valence-corrected chi connectivity index (χ0v) is 22.1. The average molecular weight is 552 g/mol. The minimum absolute atomic E-state index is 0.132. The maximum Gasteiger partial charge on any atom is 0.416 e. The maximum absolute atomic E-state index is 13.7. The minimum atomic E-state index is -4.42. The standard InChI is InChI=1S/C30H32F3N5O2/c31-30(32,33)26-4-2-1-3-24(26)21-11-14-37(18-21)29(40)25-17-35-38(27(25)19-5-6-19)23-12-15-36(16-13-23)22-9-7-20(8-10-22)28(34)39/h1-4,7-10,17,19,21,23H,5-6,11-16,18H2,(H2,34,39). The Hall–Kier alpha value is -3.82. The number of carbonyl (C=O) groups is 2. The van der Waals surface area contributed by atoms with Crippen molar-refractivity contribution in [1.82, 2.24) is 14.7 Å². The summed E-state index contributed by atoms with van der Waals surface area (Å²) in [6.45, 7) is 2.34. The number of likely N-dealkylation sites (tertiary alicyclic amines) is 1. The van der Waals surface area contributed by atoms with Crippen LogP contribution in [0, 0.1) is 0 Å². The highest BCUT2D eigenvalue weighted by atomic mass is 19.4. The van der Waals surface area contributed by atoms with Crippen molar-refractivity contribution in [2.45, 2.75) is 56.2 Å². The fraction of sp³-hybridized carbons (Fsp3) is 0.433. The lowest BCUT2D eigenvalue weighted by Crippen LogP contribution is -2.35. The van der Waals surface area contributed by atoms with Gasteiger partial charge < -0.3 is 15.5 Å². The number of alkyl halides is 3. The minimum Gasteiger partial charge on any atom is -0.371 e. The van der Waals surface area contributed by atoms with Crippen LogP contribution in [0.1, 0.15) is 87.5 Å². The van der Waals surface area contributed by atoms with Gasteiger partial charge in [0.25, 0.3) is 5.91 Å². The van der Waals surface area contributed by atoms with E-state index in [1.807, 2.05) is 16.8 Å². The fourth-order valence-electron chi connectivity index (χ4n) is 6.28. The first kappa shape index (κ1) is 26.4. The Bertz CT molecular complexity index is 1410. The summed E-state index contributed by atoms with van der Waals surface area (Å²) in [4.78, 5) is 29.0. The Balaban J connectivity index is 1.16. The Labute approximate surface area is 230 Å². The number of amides is 2. The summed E-state index contributed by atoms with van der Waals surface area (Å²) in [5.41, 5.74) is 8.10. The van der Waals surface area contributed by atoms with Crippen molar-refractivity contribution in [2.75, 3.05) is 31.1 Å². The van der Waals surface area contributed by atoms with Crippen molar-refractivity contribution in [3.05, 3.63) is 82.7 Å². The predicted molar refractivity (Wildman–Crippen MR) is 144 cm³/mol. The van der Waals surface area contributed by atoms with Crippen LogP contribution < -0.4 is 10.6 Å². The van der Waals surface area contributed by atoms with Crippen LogP contribution in [0.5, 0.6) is 0 Å². The molecule has 7 nitrogen and oxygen atoms in total. The second kappa shape index (κ2) is 10.3. The zero-order valence-electron chi connectivity index (χ0n) is 22.1. The van der Waals surface area contributed by atoms with Crippen LogP contribution in [0.3, 0.4) is 0 Å². The van der Waals surface area contributed by atoms with Gasteiger partial charge in [0.2, 0.25) is 5.91 Å². The third kappa shape index (κ3) is 5.07. The van der Waals surface area contributed by atoms with E-state index in [1.54, 1.807) is 29.3 Å². The Morgan fingerprint density at radius 3 is 2.23 bits per heavy atom. The molecule has 2 saturated heterocycles. The van der Waals surface area contributed by atoms with Gasteiger partial charge in [0.05, 0.1) is 29.1 Å². The molecule has 3 fully saturated rings. The highest BCUT2D eigenvalue weighted by molar-refractivity contribution is 5.96. The first-order valence-corrected chi connectivity index (χ1v) is 13.9. The summed E-state index contributed by atoms with van der Waals surface area (Å²) in [5.74, 6) is -0.627. The topological polar surface area (TPSA) is 84.5 Å². The lowest BCUT2D eigenvalue weighted by Gasteiger charge is -2.34.